The fourth-order valence-corrected chi connectivity index (χ4v) is 1.79. The highest BCUT2D eigenvalue weighted by atomic mass is 79.9. The molecule has 1 amide bonds. The van der Waals surface area contributed by atoms with Gasteiger partial charge in [0.2, 0.25) is 0 Å². The zero-order valence-corrected chi connectivity index (χ0v) is 11.2. The third kappa shape index (κ3) is 3.08. The first-order chi connectivity index (χ1) is 8.97. The number of hydrogen-bond acceptors (Lipinski definition) is 2. The Kier molecular flexibility index (Phi) is 3.80. The Morgan fingerprint density at radius 2 is 1.84 bits per heavy atom. The molecule has 0 bridgehead atoms. The van der Waals surface area contributed by atoms with Gasteiger partial charge in [-0.15, -0.1) is 0 Å². The summed E-state index contributed by atoms with van der Waals surface area (Å²) < 4.78 is 27.3. The van der Waals surface area contributed by atoms with Crippen molar-refractivity contribution in [2.45, 2.75) is 0 Å². The predicted octanol–water partition coefficient (Wildman–Crippen LogP) is 3.56. The fraction of sp³-hybridized carbons (Fsp3) is 0. The smallest absolute Gasteiger partial charge is 0.255 e. The van der Waals surface area contributed by atoms with E-state index in [1.807, 2.05) is 0 Å². The van der Waals surface area contributed by atoms with Gasteiger partial charge in [-0.3, -0.25) is 4.79 Å². The highest BCUT2D eigenvalue weighted by molar-refractivity contribution is 9.10. The molecule has 0 saturated heterocycles. The van der Waals surface area contributed by atoms with Gasteiger partial charge >= 0.3 is 0 Å². The summed E-state index contributed by atoms with van der Waals surface area (Å²) in [6.07, 6.45) is 0. The molecule has 0 saturated carbocycles. The minimum absolute atomic E-state index is 0.0189. The number of rotatable bonds is 2. The van der Waals surface area contributed by atoms with Gasteiger partial charge in [-0.1, -0.05) is 15.9 Å². The van der Waals surface area contributed by atoms with Crippen LogP contribution in [0.2, 0.25) is 0 Å². The number of halogens is 3. The molecular formula is C13H9BrF2N2O. The number of carbonyl (C=O) groups is 1. The van der Waals surface area contributed by atoms with Gasteiger partial charge in [0.1, 0.15) is 11.6 Å². The number of benzene rings is 2. The Hall–Kier alpha value is -1.95. The molecule has 0 fully saturated rings. The molecule has 19 heavy (non-hydrogen) atoms. The molecule has 98 valence electrons. The fourth-order valence-electron chi connectivity index (χ4n) is 1.45. The maximum atomic E-state index is 13.5. The maximum Gasteiger partial charge on any atom is 0.255 e. The number of nitrogens with one attached hydrogen (secondary N) is 1. The van der Waals surface area contributed by atoms with Crippen molar-refractivity contribution < 1.29 is 13.6 Å². The molecule has 2 aromatic carbocycles. The van der Waals surface area contributed by atoms with Crippen molar-refractivity contribution in [1.82, 2.24) is 0 Å². The van der Waals surface area contributed by atoms with Crippen LogP contribution in [-0.4, -0.2) is 5.91 Å². The number of hydrogen-bond donors (Lipinski definition) is 2. The van der Waals surface area contributed by atoms with Crippen LogP contribution in [-0.2, 0) is 0 Å². The largest absolute Gasteiger partial charge is 0.396 e. The Bertz CT molecular complexity index is 647. The summed E-state index contributed by atoms with van der Waals surface area (Å²) in [4.78, 5) is 11.8. The molecule has 0 atom stereocenters. The lowest BCUT2D eigenvalue weighted by Crippen LogP contribution is -2.13. The van der Waals surface area contributed by atoms with Gasteiger partial charge in [0.15, 0.2) is 0 Å². The van der Waals surface area contributed by atoms with Crippen molar-refractivity contribution in [2.75, 3.05) is 11.1 Å². The van der Waals surface area contributed by atoms with Crippen LogP contribution in [0, 0.1) is 11.6 Å². The van der Waals surface area contributed by atoms with E-state index >= 15 is 0 Å². The summed E-state index contributed by atoms with van der Waals surface area (Å²) in [6, 6.07) is 7.86. The highest BCUT2D eigenvalue weighted by Crippen LogP contribution is 2.20. The molecule has 0 aromatic heterocycles. The Balaban J connectivity index is 2.23. The maximum absolute atomic E-state index is 13.5. The van der Waals surface area contributed by atoms with E-state index in [1.165, 1.54) is 24.3 Å². The molecule has 3 N–H and O–H groups in total. The predicted molar refractivity (Wildman–Crippen MR) is 72.9 cm³/mol. The van der Waals surface area contributed by atoms with Gasteiger partial charge < -0.3 is 11.1 Å². The number of amides is 1. The molecule has 3 nitrogen and oxygen atoms in total. The number of carbonyl (C=O) groups excluding carboxylic acids is 1. The molecule has 2 rings (SSSR count). The SMILES string of the molecule is Nc1ccc(C(=O)Nc2ccc(Br)cc2F)cc1F. The summed E-state index contributed by atoms with van der Waals surface area (Å²) in [5, 5.41) is 2.36. The van der Waals surface area contributed by atoms with E-state index in [1.54, 1.807) is 6.07 Å². The molecule has 2 aromatic rings. The summed E-state index contributed by atoms with van der Waals surface area (Å²) in [7, 11) is 0. The first-order valence-electron chi connectivity index (χ1n) is 5.29. The molecule has 0 radical (unpaired) electrons. The van der Waals surface area contributed by atoms with Gasteiger partial charge in [-0.2, -0.15) is 0 Å². The molecule has 6 heteroatoms. The van der Waals surface area contributed by atoms with Gasteiger partial charge in [0, 0.05) is 10.0 Å². The lowest BCUT2D eigenvalue weighted by molar-refractivity contribution is 0.102. The van der Waals surface area contributed by atoms with Crippen molar-refractivity contribution in [3.05, 3.63) is 58.1 Å². The molecule has 0 aliphatic rings. The third-order valence-corrected chi connectivity index (χ3v) is 2.94. The van der Waals surface area contributed by atoms with E-state index in [2.05, 4.69) is 21.2 Å². The van der Waals surface area contributed by atoms with Crippen LogP contribution in [0.4, 0.5) is 20.2 Å². The summed E-state index contributed by atoms with van der Waals surface area (Å²) in [6.45, 7) is 0. The van der Waals surface area contributed by atoms with Crippen molar-refractivity contribution in [1.29, 1.82) is 0 Å². The quantitative estimate of drug-likeness (QED) is 0.829. The van der Waals surface area contributed by atoms with Crippen LogP contribution < -0.4 is 11.1 Å². The Morgan fingerprint density at radius 1 is 1.11 bits per heavy atom. The Labute approximate surface area is 116 Å². The number of nitrogens with two attached hydrogens (primary N) is 1. The van der Waals surface area contributed by atoms with E-state index in [0.29, 0.717) is 4.47 Å². The zero-order valence-electron chi connectivity index (χ0n) is 9.58. The van der Waals surface area contributed by atoms with E-state index in [4.69, 9.17) is 5.73 Å². The van der Waals surface area contributed by atoms with Crippen LogP contribution in [0.5, 0.6) is 0 Å². The summed E-state index contributed by atoms with van der Waals surface area (Å²) in [5.41, 5.74) is 5.34. The zero-order chi connectivity index (χ0) is 14.0. The first-order valence-corrected chi connectivity index (χ1v) is 6.08. The van der Waals surface area contributed by atoms with E-state index in [9.17, 15) is 13.6 Å². The second-order valence-electron chi connectivity index (χ2n) is 3.81. The molecule has 0 aliphatic heterocycles. The van der Waals surface area contributed by atoms with E-state index in [-0.39, 0.29) is 16.9 Å². The molecule has 0 heterocycles. The average molecular weight is 327 g/mol. The third-order valence-electron chi connectivity index (χ3n) is 2.44. The van der Waals surface area contributed by atoms with Crippen molar-refractivity contribution in [2.24, 2.45) is 0 Å². The minimum Gasteiger partial charge on any atom is -0.396 e. The van der Waals surface area contributed by atoms with Crippen LogP contribution in [0.1, 0.15) is 10.4 Å². The van der Waals surface area contributed by atoms with Crippen molar-refractivity contribution >= 4 is 33.2 Å². The Morgan fingerprint density at radius 3 is 2.47 bits per heavy atom. The van der Waals surface area contributed by atoms with Crippen molar-refractivity contribution in [3.8, 4) is 0 Å². The summed E-state index contributed by atoms with van der Waals surface area (Å²) in [5.74, 6) is -1.89. The van der Waals surface area contributed by atoms with Crippen LogP contribution in [0.25, 0.3) is 0 Å². The topological polar surface area (TPSA) is 55.1 Å². The number of anilines is 2. The first kappa shape index (κ1) is 13.5. The summed E-state index contributed by atoms with van der Waals surface area (Å²) >= 11 is 3.11. The monoisotopic (exact) mass is 326 g/mol. The number of nitrogen functional groups attached to an aromatic ring is 1. The van der Waals surface area contributed by atoms with Crippen LogP contribution in [0.15, 0.2) is 40.9 Å². The van der Waals surface area contributed by atoms with E-state index in [0.717, 1.165) is 6.07 Å². The second kappa shape index (κ2) is 5.36. The van der Waals surface area contributed by atoms with E-state index < -0.39 is 17.5 Å². The second-order valence-corrected chi connectivity index (χ2v) is 4.73. The van der Waals surface area contributed by atoms with Crippen molar-refractivity contribution in [3.63, 3.8) is 0 Å². The lowest BCUT2D eigenvalue weighted by atomic mass is 10.2. The van der Waals surface area contributed by atoms with Gasteiger partial charge in [-0.05, 0) is 36.4 Å². The van der Waals surface area contributed by atoms with Crippen LogP contribution in [0.3, 0.4) is 0 Å². The average Bonchev–Trinajstić information content (AvgIpc) is 2.36. The molecule has 0 unspecified atom stereocenters. The van der Waals surface area contributed by atoms with Crippen LogP contribution >= 0.6 is 15.9 Å². The standard InChI is InChI=1S/C13H9BrF2N2O/c14-8-2-4-12(10(16)6-8)18-13(19)7-1-3-11(17)9(15)5-7/h1-6H,17H2,(H,18,19). The van der Waals surface area contributed by atoms with Gasteiger partial charge in [0.05, 0.1) is 11.4 Å². The molecule has 0 spiro atoms. The normalized spacial score (nSPS) is 10.3. The highest BCUT2D eigenvalue weighted by Gasteiger charge is 2.11. The minimum atomic E-state index is -0.691. The lowest BCUT2D eigenvalue weighted by Gasteiger charge is -2.07. The molecular weight excluding hydrogens is 318 g/mol. The van der Waals surface area contributed by atoms with Gasteiger partial charge in [0.25, 0.3) is 5.91 Å². The van der Waals surface area contributed by atoms with Gasteiger partial charge in [-0.25, -0.2) is 8.78 Å². The molecule has 0 aliphatic carbocycles.